The summed E-state index contributed by atoms with van der Waals surface area (Å²) in [5, 5.41) is 0. The number of nitrogens with zero attached hydrogens (tertiary/aromatic N) is 2. The standard InChI is InChI=1S/C22H24N2O4S/c1-2-14-24(20-12-15-29(26,27)17-20)22(25)11-8-18-6-9-21(10-7-18)28-16-19-5-3-4-13-23-19/h2-11,13,20H,1,12,14-17H2/b11-8+. The minimum Gasteiger partial charge on any atom is -0.487 e. The number of hydrogen-bond acceptors (Lipinski definition) is 5. The second-order valence-corrected chi connectivity index (χ2v) is 9.08. The van der Waals surface area contributed by atoms with Crippen LogP contribution in [0.2, 0.25) is 0 Å². The third-order valence-electron chi connectivity index (χ3n) is 4.67. The van der Waals surface area contributed by atoms with Crippen molar-refractivity contribution in [2.45, 2.75) is 19.1 Å². The highest BCUT2D eigenvalue weighted by molar-refractivity contribution is 7.91. The molecule has 1 amide bonds. The third kappa shape index (κ3) is 6.02. The first-order valence-electron chi connectivity index (χ1n) is 9.39. The summed E-state index contributed by atoms with van der Waals surface area (Å²) in [4.78, 5) is 18.4. The molecule has 1 atom stereocenters. The number of hydrogen-bond donors (Lipinski definition) is 0. The van der Waals surface area contributed by atoms with Gasteiger partial charge in [0.05, 0.1) is 17.2 Å². The van der Waals surface area contributed by atoms with E-state index in [-0.39, 0.29) is 23.5 Å². The first-order valence-corrected chi connectivity index (χ1v) is 11.2. The van der Waals surface area contributed by atoms with Crippen LogP contribution in [0.5, 0.6) is 5.75 Å². The zero-order chi connectivity index (χ0) is 20.7. The van der Waals surface area contributed by atoms with Crippen molar-refractivity contribution in [2.24, 2.45) is 0 Å². The Morgan fingerprint density at radius 3 is 2.66 bits per heavy atom. The fourth-order valence-electron chi connectivity index (χ4n) is 3.16. The smallest absolute Gasteiger partial charge is 0.247 e. The largest absolute Gasteiger partial charge is 0.487 e. The van der Waals surface area contributed by atoms with Crippen LogP contribution in [0.15, 0.2) is 67.4 Å². The molecule has 1 fully saturated rings. The van der Waals surface area contributed by atoms with E-state index < -0.39 is 9.84 Å². The minimum absolute atomic E-state index is 0.0166. The van der Waals surface area contributed by atoms with Crippen molar-refractivity contribution < 1.29 is 17.9 Å². The maximum absolute atomic E-state index is 12.6. The summed E-state index contributed by atoms with van der Waals surface area (Å²) in [7, 11) is -3.06. The molecule has 0 aliphatic carbocycles. The van der Waals surface area contributed by atoms with Gasteiger partial charge in [0.1, 0.15) is 12.4 Å². The Balaban J connectivity index is 1.59. The van der Waals surface area contributed by atoms with E-state index in [0.717, 1.165) is 11.3 Å². The SMILES string of the molecule is C=CCN(C(=O)/C=C/c1ccc(OCc2ccccn2)cc1)C1CCS(=O)(=O)C1. The molecule has 3 rings (SSSR count). The van der Waals surface area contributed by atoms with E-state index in [9.17, 15) is 13.2 Å². The summed E-state index contributed by atoms with van der Waals surface area (Å²) in [5.74, 6) is 0.636. The molecule has 6 nitrogen and oxygen atoms in total. The van der Waals surface area contributed by atoms with Crippen molar-refractivity contribution >= 4 is 21.8 Å². The van der Waals surface area contributed by atoms with Gasteiger partial charge in [-0.15, -0.1) is 6.58 Å². The van der Waals surface area contributed by atoms with Crippen LogP contribution < -0.4 is 4.74 Å². The first kappa shape index (κ1) is 20.8. The molecule has 2 heterocycles. The van der Waals surface area contributed by atoms with Crippen molar-refractivity contribution in [3.05, 3.63) is 78.6 Å². The quantitative estimate of drug-likeness (QED) is 0.492. The van der Waals surface area contributed by atoms with E-state index in [1.54, 1.807) is 23.2 Å². The summed E-state index contributed by atoms with van der Waals surface area (Å²) >= 11 is 0. The van der Waals surface area contributed by atoms with E-state index >= 15 is 0 Å². The zero-order valence-corrected chi connectivity index (χ0v) is 16.9. The number of carbonyl (C=O) groups is 1. The molecule has 0 saturated carbocycles. The molecule has 1 aromatic carbocycles. The molecule has 0 bridgehead atoms. The Kier molecular flexibility index (Phi) is 6.82. The molecule has 2 aromatic rings. The Morgan fingerprint density at radius 2 is 2.03 bits per heavy atom. The summed E-state index contributed by atoms with van der Waals surface area (Å²) in [5.41, 5.74) is 1.69. The lowest BCUT2D eigenvalue weighted by atomic mass is 10.2. The van der Waals surface area contributed by atoms with Crippen LogP contribution in [-0.4, -0.2) is 48.3 Å². The molecule has 1 saturated heterocycles. The summed E-state index contributed by atoms with van der Waals surface area (Å²) in [6.45, 7) is 4.38. The van der Waals surface area contributed by atoms with Gasteiger partial charge in [-0.2, -0.15) is 0 Å². The Bertz CT molecular complexity index is 970. The minimum atomic E-state index is -3.06. The number of ether oxygens (including phenoxy) is 1. The lowest BCUT2D eigenvalue weighted by molar-refractivity contribution is -0.127. The Morgan fingerprint density at radius 1 is 1.24 bits per heavy atom. The average Bonchev–Trinajstić information content (AvgIpc) is 3.09. The van der Waals surface area contributed by atoms with Crippen molar-refractivity contribution in [2.75, 3.05) is 18.1 Å². The molecular formula is C22H24N2O4S. The number of sulfone groups is 1. The lowest BCUT2D eigenvalue weighted by Gasteiger charge is -2.25. The predicted octanol–water partition coefficient (Wildman–Crippen LogP) is 2.88. The molecule has 7 heteroatoms. The van der Waals surface area contributed by atoms with Crippen LogP contribution >= 0.6 is 0 Å². The molecule has 1 unspecified atom stereocenters. The Labute approximate surface area is 171 Å². The monoisotopic (exact) mass is 412 g/mol. The molecule has 0 N–H and O–H groups in total. The van der Waals surface area contributed by atoms with Crippen molar-refractivity contribution in [3.8, 4) is 5.75 Å². The van der Waals surface area contributed by atoms with Gasteiger partial charge in [0.2, 0.25) is 5.91 Å². The van der Waals surface area contributed by atoms with Crippen molar-refractivity contribution in [1.82, 2.24) is 9.88 Å². The van der Waals surface area contributed by atoms with Gasteiger partial charge >= 0.3 is 0 Å². The van der Waals surface area contributed by atoms with Gasteiger partial charge in [0.15, 0.2) is 9.84 Å². The van der Waals surface area contributed by atoms with Crippen molar-refractivity contribution in [3.63, 3.8) is 0 Å². The third-order valence-corrected chi connectivity index (χ3v) is 6.42. The number of rotatable bonds is 8. The highest BCUT2D eigenvalue weighted by Gasteiger charge is 2.33. The van der Waals surface area contributed by atoms with Crippen LogP contribution in [0.25, 0.3) is 6.08 Å². The van der Waals surface area contributed by atoms with E-state index in [0.29, 0.717) is 25.3 Å². The maximum atomic E-state index is 12.6. The summed E-state index contributed by atoms with van der Waals surface area (Å²) in [6, 6.07) is 12.7. The van der Waals surface area contributed by atoms with E-state index in [1.807, 2.05) is 42.5 Å². The fourth-order valence-corrected chi connectivity index (χ4v) is 4.89. The molecule has 29 heavy (non-hydrogen) atoms. The highest BCUT2D eigenvalue weighted by Crippen LogP contribution is 2.19. The zero-order valence-electron chi connectivity index (χ0n) is 16.1. The normalized spacial score (nSPS) is 17.9. The van der Waals surface area contributed by atoms with Gasteiger partial charge in [-0.05, 0) is 42.3 Å². The number of carbonyl (C=O) groups excluding carboxylic acids is 1. The van der Waals surface area contributed by atoms with Crippen LogP contribution in [0.4, 0.5) is 0 Å². The van der Waals surface area contributed by atoms with Gasteiger partial charge in [0.25, 0.3) is 0 Å². The van der Waals surface area contributed by atoms with Crippen LogP contribution in [0, 0.1) is 0 Å². The van der Waals surface area contributed by atoms with E-state index in [1.165, 1.54) is 6.08 Å². The van der Waals surface area contributed by atoms with Crippen molar-refractivity contribution in [1.29, 1.82) is 0 Å². The van der Waals surface area contributed by atoms with Gasteiger partial charge < -0.3 is 9.64 Å². The first-order chi connectivity index (χ1) is 14.0. The fraction of sp³-hybridized carbons (Fsp3) is 0.273. The highest BCUT2D eigenvalue weighted by atomic mass is 32.2. The lowest BCUT2D eigenvalue weighted by Crippen LogP contribution is -2.40. The predicted molar refractivity (Wildman–Crippen MR) is 113 cm³/mol. The molecule has 1 aliphatic rings. The second kappa shape index (κ2) is 9.52. The van der Waals surface area contributed by atoms with Crippen LogP contribution in [0.3, 0.4) is 0 Å². The van der Waals surface area contributed by atoms with E-state index in [2.05, 4.69) is 11.6 Å². The molecule has 1 aromatic heterocycles. The number of benzene rings is 1. The molecule has 0 radical (unpaired) electrons. The second-order valence-electron chi connectivity index (χ2n) is 6.85. The number of amides is 1. The summed E-state index contributed by atoms with van der Waals surface area (Å²) < 4.78 is 29.2. The summed E-state index contributed by atoms with van der Waals surface area (Å²) in [6.07, 6.45) is 6.99. The van der Waals surface area contributed by atoms with Gasteiger partial charge in [-0.1, -0.05) is 24.3 Å². The van der Waals surface area contributed by atoms with Crippen LogP contribution in [-0.2, 0) is 21.2 Å². The van der Waals surface area contributed by atoms with Crippen LogP contribution in [0.1, 0.15) is 17.7 Å². The average molecular weight is 413 g/mol. The van der Waals surface area contributed by atoms with Gasteiger partial charge in [-0.25, -0.2) is 8.42 Å². The molecule has 0 spiro atoms. The van der Waals surface area contributed by atoms with Gasteiger partial charge in [-0.3, -0.25) is 9.78 Å². The number of pyridine rings is 1. The maximum Gasteiger partial charge on any atom is 0.247 e. The van der Waals surface area contributed by atoms with E-state index in [4.69, 9.17) is 4.74 Å². The number of aromatic nitrogens is 1. The topological polar surface area (TPSA) is 76.6 Å². The molecular weight excluding hydrogens is 388 g/mol. The van der Waals surface area contributed by atoms with Gasteiger partial charge in [0, 0.05) is 24.9 Å². The Hall–Kier alpha value is -2.93. The molecule has 1 aliphatic heterocycles. The molecule has 152 valence electrons.